The number of nitrogens with zero attached hydrogens (tertiary/aromatic N) is 5. The first-order valence-corrected chi connectivity index (χ1v) is 5.94. The first kappa shape index (κ1) is 11.1. The molecule has 0 saturated carbocycles. The molecule has 0 saturated heterocycles. The molecule has 0 unspecified atom stereocenters. The van der Waals surface area contributed by atoms with E-state index in [4.69, 9.17) is 4.74 Å². The van der Waals surface area contributed by atoms with Gasteiger partial charge in [-0.05, 0) is 6.07 Å². The van der Waals surface area contributed by atoms with Gasteiger partial charge in [-0.15, -0.1) is 10.2 Å². The summed E-state index contributed by atoms with van der Waals surface area (Å²) < 4.78 is 6.63. The Morgan fingerprint density at radius 1 is 1.44 bits per heavy atom. The Labute approximate surface area is 106 Å². The SMILES string of the molecule is COCc1nnc2sc(-c3ccncc3O)nn12. The van der Waals surface area contributed by atoms with E-state index in [1.807, 2.05) is 0 Å². The lowest BCUT2D eigenvalue weighted by atomic mass is 10.2. The summed E-state index contributed by atoms with van der Waals surface area (Å²) in [6.45, 7) is 0.340. The van der Waals surface area contributed by atoms with Gasteiger partial charge in [-0.2, -0.15) is 9.61 Å². The van der Waals surface area contributed by atoms with Gasteiger partial charge < -0.3 is 9.84 Å². The highest BCUT2D eigenvalue weighted by atomic mass is 32.1. The fourth-order valence-corrected chi connectivity index (χ4v) is 2.44. The summed E-state index contributed by atoms with van der Waals surface area (Å²) in [7, 11) is 1.59. The van der Waals surface area contributed by atoms with Crippen molar-refractivity contribution in [1.29, 1.82) is 0 Å². The molecule has 92 valence electrons. The minimum absolute atomic E-state index is 0.0933. The third-order valence-corrected chi connectivity index (χ3v) is 3.29. The second-order valence-electron chi connectivity index (χ2n) is 3.54. The number of pyridine rings is 1. The van der Waals surface area contributed by atoms with Crippen LogP contribution in [0.3, 0.4) is 0 Å². The Morgan fingerprint density at radius 3 is 3.11 bits per heavy atom. The summed E-state index contributed by atoms with van der Waals surface area (Å²) in [5, 5.41) is 22.7. The van der Waals surface area contributed by atoms with Crippen LogP contribution in [0.25, 0.3) is 15.5 Å². The summed E-state index contributed by atoms with van der Waals surface area (Å²) in [5.74, 6) is 0.722. The minimum atomic E-state index is 0.0933. The number of methoxy groups -OCH3 is 1. The van der Waals surface area contributed by atoms with Crippen LogP contribution in [0.15, 0.2) is 18.5 Å². The van der Waals surface area contributed by atoms with Gasteiger partial charge in [0.1, 0.15) is 12.4 Å². The molecule has 0 fully saturated rings. The molecule has 8 heteroatoms. The second kappa shape index (κ2) is 4.31. The van der Waals surface area contributed by atoms with Crippen molar-refractivity contribution in [2.75, 3.05) is 7.11 Å². The molecule has 1 N–H and O–H groups in total. The first-order chi connectivity index (χ1) is 8.79. The van der Waals surface area contributed by atoms with Gasteiger partial charge in [0, 0.05) is 13.3 Å². The lowest BCUT2D eigenvalue weighted by Gasteiger charge is -1.97. The van der Waals surface area contributed by atoms with Crippen LogP contribution in [0.1, 0.15) is 5.82 Å². The third-order valence-electron chi connectivity index (χ3n) is 2.36. The van der Waals surface area contributed by atoms with Gasteiger partial charge in [0.05, 0.1) is 11.8 Å². The number of fused-ring (bicyclic) bond motifs is 1. The zero-order chi connectivity index (χ0) is 12.5. The van der Waals surface area contributed by atoms with Crippen LogP contribution >= 0.6 is 11.3 Å². The van der Waals surface area contributed by atoms with Crippen LogP contribution in [0.2, 0.25) is 0 Å². The number of ether oxygens (including phenoxy) is 1. The standard InChI is InChI=1S/C10H9N5O2S/c1-17-5-8-12-13-10-15(8)14-9(18-10)6-2-3-11-4-7(6)16/h2-4,16H,5H2,1H3. The highest BCUT2D eigenvalue weighted by Crippen LogP contribution is 2.31. The highest BCUT2D eigenvalue weighted by Gasteiger charge is 2.14. The Hall–Kier alpha value is -2.06. The molecular weight excluding hydrogens is 254 g/mol. The predicted octanol–water partition coefficient (Wildman–Crippen LogP) is 1.10. The molecule has 3 rings (SSSR count). The van der Waals surface area contributed by atoms with Crippen molar-refractivity contribution < 1.29 is 9.84 Å². The predicted molar refractivity (Wildman–Crippen MR) is 64.3 cm³/mol. The van der Waals surface area contributed by atoms with E-state index in [2.05, 4.69) is 20.3 Å². The minimum Gasteiger partial charge on any atom is -0.506 e. The van der Waals surface area contributed by atoms with E-state index in [1.54, 1.807) is 23.9 Å². The van der Waals surface area contributed by atoms with Gasteiger partial charge >= 0.3 is 0 Å². The molecule has 3 heterocycles. The molecule has 0 aliphatic rings. The Balaban J connectivity index is 2.11. The maximum absolute atomic E-state index is 9.73. The fourth-order valence-electron chi connectivity index (χ4n) is 1.55. The number of aromatic nitrogens is 5. The lowest BCUT2D eigenvalue weighted by Crippen LogP contribution is -1.97. The topological polar surface area (TPSA) is 85.4 Å². The molecular formula is C10H9N5O2S. The Kier molecular flexibility index (Phi) is 2.65. The van der Waals surface area contributed by atoms with Crippen LogP contribution in [0, 0.1) is 0 Å². The monoisotopic (exact) mass is 263 g/mol. The van der Waals surface area contributed by atoms with Crippen LogP contribution in [-0.2, 0) is 11.3 Å². The fraction of sp³-hybridized carbons (Fsp3) is 0.200. The molecule has 7 nitrogen and oxygen atoms in total. The maximum Gasteiger partial charge on any atom is 0.235 e. The van der Waals surface area contributed by atoms with E-state index in [-0.39, 0.29) is 5.75 Å². The van der Waals surface area contributed by atoms with Crippen LogP contribution in [0.4, 0.5) is 0 Å². The van der Waals surface area contributed by atoms with Crippen LogP contribution in [0.5, 0.6) is 5.75 Å². The normalized spacial score (nSPS) is 11.2. The zero-order valence-corrected chi connectivity index (χ0v) is 10.3. The van der Waals surface area contributed by atoms with Crippen molar-refractivity contribution >= 4 is 16.3 Å². The average molecular weight is 263 g/mol. The molecule has 0 aliphatic carbocycles. The van der Waals surface area contributed by atoms with Crippen LogP contribution < -0.4 is 0 Å². The molecule has 0 spiro atoms. The van der Waals surface area contributed by atoms with Crippen molar-refractivity contribution in [3.8, 4) is 16.3 Å². The Bertz CT molecular complexity index is 692. The lowest BCUT2D eigenvalue weighted by molar-refractivity contribution is 0.176. The van der Waals surface area contributed by atoms with Gasteiger partial charge in [-0.3, -0.25) is 4.98 Å². The quantitative estimate of drug-likeness (QED) is 0.761. The largest absolute Gasteiger partial charge is 0.506 e. The molecule has 3 aromatic heterocycles. The molecule has 0 atom stereocenters. The average Bonchev–Trinajstić information content (AvgIpc) is 2.92. The van der Waals surface area contributed by atoms with E-state index in [1.165, 1.54) is 17.5 Å². The van der Waals surface area contributed by atoms with E-state index >= 15 is 0 Å². The summed E-state index contributed by atoms with van der Waals surface area (Å²) >= 11 is 1.35. The van der Waals surface area contributed by atoms with E-state index in [0.717, 1.165) is 0 Å². The summed E-state index contributed by atoms with van der Waals surface area (Å²) in [4.78, 5) is 4.49. The Morgan fingerprint density at radius 2 is 2.33 bits per heavy atom. The van der Waals surface area contributed by atoms with E-state index < -0.39 is 0 Å². The first-order valence-electron chi connectivity index (χ1n) is 5.13. The van der Waals surface area contributed by atoms with E-state index in [9.17, 15) is 5.11 Å². The molecule has 0 radical (unpaired) electrons. The van der Waals surface area contributed by atoms with E-state index in [0.29, 0.717) is 28.0 Å². The molecule has 0 aliphatic heterocycles. The number of aromatic hydroxyl groups is 1. The molecule has 3 aromatic rings. The van der Waals surface area contributed by atoms with Gasteiger partial charge in [0.25, 0.3) is 0 Å². The molecule has 18 heavy (non-hydrogen) atoms. The smallest absolute Gasteiger partial charge is 0.235 e. The maximum atomic E-state index is 9.73. The van der Waals surface area contributed by atoms with Crippen molar-refractivity contribution in [3.63, 3.8) is 0 Å². The van der Waals surface area contributed by atoms with Gasteiger partial charge in [0.2, 0.25) is 4.96 Å². The summed E-state index contributed by atoms with van der Waals surface area (Å²) in [6.07, 6.45) is 2.99. The molecule has 0 aromatic carbocycles. The van der Waals surface area contributed by atoms with Crippen molar-refractivity contribution in [2.24, 2.45) is 0 Å². The van der Waals surface area contributed by atoms with Crippen molar-refractivity contribution in [3.05, 3.63) is 24.3 Å². The summed E-state index contributed by atoms with van der Waals surface area (Å²) in [5.41, 5.74) is 0.629. The number of hydrogen-bond acceptors (Lipinski definition) is 7. The number of hydrogen-bond donors (Lipinski definition) is 1. The van der Waals surface area contributed by atoms with Gasteiger partial charge in [-0.1, -0.05) is 11.3 Å². The highest BCUT2D eigenvalue weighted by molar-refractivity contribution is 7.19. The second-order valence-corrected chi connectivity index (χ2v) is 4.50. The number of rotatable bonds is 3. The zero-order valence-electron chi connectivity index (χ0n) is 9.44. The van der Waals surface area contributed by atoms with Crippen molar-refractivity contribution in [1.82, 2.24) is 24.8 Å². The van der Waals surface area contributed by atoms with Crippen LogP contribution in [-0.4, -0.2) is 37.0 Å². The summed E-state index contributed by atoms with van der Waals surface area (Å²) in [6, 6.07) is 1.71. The van der Waals surface area contributed by atoms with Gasteiger partial charge in [0.15, 0.2) is 10.8 Å². The third kappa shape index (κ3) is 1.71. The molecule has 0 bridgehead atoms. The molecule has 0 amide bonds. The van der Waals surface area contributed by atoms with Gasteiger partial charge in [-0.25, -0.2) is 0 Å². The van der Waals surface area contributed by atoms with Crippen molar-refractivity contribution in [2.45, 2.75) is 6.61 Å².